The summed E-state index contributed by atoms with van der Waals surface area (Å²) in [5.41, 5.74) is 0. The van der Waals surface area contributed by atoms with E-state index < -0.39 is 6.10 Å². The lowest BCUT2D eigenvalue weighted by atomic mass is 10.0. The molecule has 0 saturated carbocycles. The Hall–Kier alpha value is -2.37. The van der Waals surface area contributed by atoms with Crippen molar-refractivity contribution in [2.24, 2.45) is 0 Å². The van der Waals surface area contributed by atoms with Gasteiger partial charge in [0.05, 0.1) is 0 Å². The number of ether oxygens (including phenoxy) is 3. The van der Waals surface area contributed by atoms with Gasteiger partial charge < -0.3 is 14.2 Å². The fourth-order valence-electron chi connectivity index (χ4n) is 8.82. The number of carbonyl (C=O) groups excluding carboxylic acids is 3. The molecule has 0 spiro atoms. The Kier molecular flexibility index (Phi) is 55.2. The third-order valence-corrected chi connectivity index (χ3v) is 13.4. The summed E-state index contributed by atoms with van der Waals surface area (Å²) < 4.78 is 16.9. The maximum atomic E-state index is 12.9. The van der Waals surface area contributed by atoms with E-state index >= 15 is 0 Å². The Morgan fingerprint density at radius 3 is 0.853 bits per heavy atom. The Balaban J connectivity index is 4.35. The third-order valence-electron chi connectivity index (χ3n) is 13.4. The van der Waals surface area contributed by atoms with Crippen LogP contribution in [0.5, 0.6) is 0 Å². The molecule has 0 unspecified atom stereocenters. The smallest absolute Gasteiger partial charge is 0.306 e. The van der Waals surface area contributed by atoms with Crippen molar-refractivity contribution in [3.05, 3.63) is 36.5 Å². The van der Waals surface area contributed by atoms with Gasteiger partial charge in [0.15, 0.2) is 6.10 Å². The molecule has 1 atom stereocenters. The highest BCUT2D eigenvalue weighted by molar-refractivity contribution is 5.71. The number of carbonyl (C=O) groups is 3. The van der Waals surface area contributed by atoms with E-state index in [4.69, 9.17) is 14.2 Å². The molecular formula is C62H114O6. The third kappa shape index (κ3) is 54.6. The van der Waals surface area contributed by atoms with Gasteiger partial charge in [-0.3, -0.25) is 14.4 Å². The molecule has 0 aliphatic carbocycles. The number of hydrogen-bond acceptors (Lipinski definition) is 6. The second kappa shape index (κ2) is 57.2. The molecule has 6 heteroatoms. The Labute approximate surface area is 423 Å². The summed E-state index contributed by atoms with van der Waals surface area (Å²) in [6.45, 7) is 6.64. The Morgan fingerprint density at radius 1 is 0.294 bits per heavy atom. The average Bonchev–Trinajstić information content (AvgIpc) is 3.34. The lowest BCUT2D eigenvalue weighted by Crippen LogP contribution is -2.30. The van der Waals surface area contributed by atoms with Crippen LogP contribution in [0.1, 0.15) is 323 Å². The van der Waals surface area contributed by atoms with Crippen molar-refractivity contribution in [3.63, 3.8) is 0 Å². The average molecular weight is 956 g/mol. The second-order valence-electron chi connectivity index (χ2n) is 20.3. The summed E-state index contributed by atoms with van der Waals surface area (Å²) in [4.78, 5) is 38.2. The number of rotatable bonds is 55. The molecule has 0 aliphatic heterocycles. The van der Waals surface area contributed by atoms with Crippen LogP contribution in [0.2, 0.25) is 0 Å². The summed E-state index contributed by atoms with van der Waals surface area (Å²) in [5, 5.41) is 0. The highest BCUT2D eigenvalue weighted by atomic mass is 16.6. The SMILES string of the molecule is CCCCC/C=C\C/C=C\CCCCCCCCCC(=O)O[C@H](COC(=O)CCCCCCC/C=C\CCCCCCCC)COC(=O)CCCCCCCCCCCCCCCCCCCC. The van der Waals surface area contributed by atoms with E-state index in [1.165, 1.54) is 205 Å². The van der Waals surface area contributed by atoms with Gasteiger partial charge in [0.2, 0.25) is 0 Å². The molecule has 0 saturated heterocycles. The summed E-state index contributed by atoms with van der Waals surface area (Å²) in [5.74, 6) is -0.871. The molecule has 68 heavy (non-hydrogen) atoms. The van der Waals surface area contributed by atoms with Crippen LogP contribution < -0.4 is 0 Å². The standard InChI is InChI=1S/C62H114O6/c1-4-7-10-13-16-19-22-25-28-30-32-34-37-40-43-46-49-52-55-61(64)67-58-59(57-66-60(63)54-51-48-45-42-39-36-33-27-24-21-18-15-12-9-6-3)68-62(65)56-53-50-47-44-41-38-35-31-29-26-23-20-17-14-11-8-5-2/h17,20,26-27,29,33,59H,4-16,18-19,21-25,28,30-32,34-58H2,1-3H3/b20-17-,29-26-,33-27-/t59-/m1/s1. The van der Waals surface area contributed by atoms with Gasteiger partial charge in [-0.25, -0.2) is 0 Å². The van der Waals surface area contributed by atoms with Gasteiger partial charge in [0.25, 0.3) is 0 Å². The molecule has 0 aliphatic rings. The van der Waals surface area contributed by atoms with E-state index in [0.29, 0.717) is 19.3 Å². The second-order valence-corrected chi connectivity index (χ2v) is 20.3. The fraction of sp³-hybridized carbons (Fsp3) is 0.855. The molecule has 398 valence electrons. The molecule has 0 N–H and O–H groups in total. The molecule has 0 heterocycles. The number of hydrogen-bond donors (Lipinski definition) is 0. The van der Waals surface area contributed by atoms with Gasteiger partial charge in [0, 0.05) is 19.3 Å². The van der Waals surface area contributed by atoms with E-state index in [-0.39, 0.29) is 31.1 Å². The maximum Gasteiger partial charge on any atom is 0.306 e. The first-order valence-electron chi connectivity index (χ1n) is 30.0. The van der Waals surface area contributed by atoms with Gasteiger partial charge in [-0.05, 0) is 77.0 Å². The van der Waals surface area contributed by atoms with Gasteiger partial charge in [-0.2, -0.15) is 0 Å². The van der Waals surface area contributed by atoms with Crippen molar-refractivity contribution in [2.45, 2.75) is 329 Å². The highest BCUT2D eigenvalue weighted by Crippen LogP contribution is 2.17. The molecule has 0 rings (SSSR count). The van der Waals surface area contributed by atoms with Crippen LogP contribution in [0.15, 0.2) is 36.5 Å². The predicted molar refractivity (Wildman–Crippen MR) is 293 cm³/mol. The molecule has 0 fully saturated rings. The monoisotopic (exact) mass is 955 g/mol. The van der Waals surface area contributed by atoms with Crippen LogP contribution in [-0.4, -0.2) is 37.2 Å². The molecule has 6 nitrogen and oxygen atoms in total. The fourth-order valence-corrected chi connectivity index (χ4v) is 8.82. The van der Waals surface area contributed by atoms with Gasteiger partial charge >= 0.3 is 17.9 Å². The number of allylic oxidation sites excluding steroid dienone is 6. The molecule has 0 radical (unpaired) electrons. The van der Waals surface area contributed by atoms with E-state index in [0.717, 1.165) is 77.0 Å². The van der Waals surface area contributed by atoms with Crippen molar-refractivity contribution in [1.82, 2.24) is 0 Å². The van der Waals surface area contributed by atoms with Crippen molar-refractivity contribution in [1.29, 1.82) is 0 Å². The van der Waals surface area contributed by atoms with E-state index in [1.54, 1.807) is 0 Å². The van der Waals surface area contributed by atoms with Crippen molar-refractivity contribution < 1.29 is 28.6 Å². The number of unbranched alkanes of at least 4 members (excludes halogenated alkanes) is 38. The van der Waals surface area contributed by atoms with Crippen molar-refractivity contribution in [3.8, 4) is 0 Å². The Bertz CT molecular complexity index is 1140. The molecule has 0 bridgehead atoms. The minimum absolute atomic E-state index is 0.0742. The van der Waals surface area contributed by atoms with Crippen molar-refractivity contribution >= 4 is 17.9 Å². The first kappa shape index (κ1) is 65.6. The van der Waals surface area contributed by atoms with Crippen LogP contribution in [0.25, 0.3) is 0 Å². The lowest BCUT2D eigenvalue weighted by Gasteiger charge is -2.18. The highest BCUT2D eigenvalue weighted by Gasteiger charge is 2.19. The zero-order valence-corrected chi connectivity index (χ0v) is 45.6. The summed E-state index contributed by atoms with van der Waals surface area (Å²) in [6, 6.07) is 0. The normalized spacial score (nSPS) is 12.2. The van der Waals surface area contributed by atoms with Crippen LogP contribution in [0.3, 0.4) is 0 Å². The molecule has 0 amide bonds. The topological polar surface area (TPSA) is 78.9 Å². The largest absolute Gasteiger partial charge is 0.462 e. The zero-order valence-electron chi connectivity index (χ0n) is 45.6. The van der Waals surface area contributed by atoms with Crippen LogP contribution >= 0.6 is 0 Å². The van der Waals surface area contributed by atoms with E-state index in [9.17, 15) is 14.4 Å². The minimum atomic E-state index is -0.777. The van der Waals surface area contributed by atoms with Gasteiger partial charge in [-0.15, -0.1) is 0 Å². The van der Waals surface area contributed by atoms with Gasteiger partial charge in [0.1, 0.15) is 13.2 Å². The quantitative estimate of drug-likeness (QED) is 0.0262. The predicted octanol–water partition coefficient (Wildman–Crippen LogP) is 20.0. The maximum absolute atomic E-state index is 12.9. The summed E-state index contributed by atoms with van der Waals surface area (Å²) >= 11 is 0. The molecule has 0 aromatic carbocycles. The molecular weight excluding hydrogens is 841 g/mol. The lowest BCUT2D eigenvalue weighted by molar-refractivity contribution is -0.167. The minimum Gasteiger partial charge on any atom is -0.462 e. The van der Waals surface area contributed by atoms with Crippen molar-refractivity contribution in [2.75, 3.05) is 13.2 Å². The van der Waals surface area contributed by atoms with Gasteiger partial charge in [-0.1, -0.05) is 263 Å². The van der Waals surface area contributed by atoms with Crippen LogP contribution in [-0.2, 0) is 28.6 Å². The van der Waals surface area contributed by atoms with E-state index in [1.807, 2.05) is 0 Å². The molecule has 0 aromatic heterocycles. The molecule has 0 aromatic rings. The summed E-state index contributed by atoms with van der Waals surface area (Å²) in [7, 11) is 0. The number of esters is 3. The van der Waals surface area contributed by atoms with Crippen LogP contribution in [0, 0.1) is 0 Å². The zero-order chi connectivity index (χ0) is 49.3. The first-order valence-corrected chi connectivity index (χ1v) is 30.0. The summed E-state index contributed by atoms with van der Waals surface area (Å²) in [6.07, 6.45) is 68.5. The van der Waals surface area contributed by atoms with E-state index in [2.05, 4.69) is 57.2 Å². The Morgan fingerprint density at radius 2 is 0.529 bits per heavy atom. The first-order chi connectivity index (χ1) is 33.5. The van der Waals surface area contributed by atoms with Crippen LogP contribution in [0.4, 0.5) is 0 Å².